The van der Waals surface area contributed by atoms with E-state index in [2.05, 4.69) is 0 Å². The molecule has 1 aromatic carbocycles. The number of hydrogen-bond acceptors (Lipinski definition) is 5. The Morgan fingerprint density at radius 3 is 2.36 bits per heavy atom. The first kappa shape index (κ1) is 18.3. The molecule has 1 aromatic rings. The van der Waals surface area contributed by atoms with E-state index in [-0.39, 0.29) is 25.1 Å². The fourth-order valence-corrected chi connectivity index (χ4v) is 2.31. The number of benzene rings is 1. The SMILES string of the molecule is COC(=O)C1(N)CCN(C(=O)OCc2ccccc2)CC1.Cl. The molecule has 1 aliphatic rings. The van der Waals surface area contributed by atoms with E-state index in [0.29, 0.717) is 25.9 Å². The van der Waals surface area contributed by atoms with Crippen LogP contribution in [0.5, 0.6) is 0 Å². The van der Waals surface area contributed by atoms with Crippen LogP contribution in [0.1, 0.15) is 18.4 Å². The van der Waals surface area contributed by atoms with Crippen LogP contribution in [0.4, 0.5) is 4.79 Å². The maximum Gasteiger partial charge on any atom is 0.410 e. The van der Waals surface area contributed by atoms with Crippen LogP contribution in [-0.4, -0.2) is 42.7 Å². The highest BCUT2D eigenvalue weighted by atomic mass is 35.5. The minimum atomic E-state index is -0.995. The monoisotopic (exact) mass is 328 g/mol. The second-order valence-electron chi connectivity index (χ2n) is 5.17. The zero-order valence-corrected chi connectivity index (χ0v) is 13.3. The lowest BCUT2D eigenvalue weighted by atomic mass is 9.89. The summed E-state index contributed by atoms with van der Waals surface area (Å²) >= 11 is 0. The van der Waals surface area contributed by atoms with Gasteiger partial charge in [-0.15, -0.1) is 12.4 Å². The molecule has 122 valence electrons. The van der Waals surface area contributed by atoms with Crippen molar-refractivity contribution in [2.75, 3.05) is 20.2 Å². The molecule has 2 N–H and O–H groups in total. The Labute approximate surface area is 136 Å². The Hall–Kier alpha value is -1.79. The van der Waals surface area contributed by atoms with Gasteiger partial charge in [0.25, 0.3) is 0 Å². The third-order valence-corrected chi connectivity index (χ3v) is 3.71. The number of esters is 1. The highest BCUT2D eigenvalue weighted by molar-refractivity contribution is 5.85. The van der Waals surface area contributed by atoms with Crippen molar-refractivity contribution < 1.29 is 19.1 Å². The predicted octanol–water partition coefficient (Wildman–Crippen LogP) is 1.71. The standard InChI is InChI=1S/C15H20N2O4.ClH/c1-20-13(18)15(16)7-9-17(10-8-15)14(19)21-11-12-5-3-2-4-6-12;/h2-6H,7-11,16H2,1H3;1H. The number of rotatable bonds is 3. The molecular formula is C15H21ClN2O4. The van der Waals surface area contributed by atoms with Gasteiger partial charge in [-0.3, -0.25) is 4.79 Å². The first-order valence-electron chi connectivity index (χ1n) is 6.88. The molecule has 0 atom stereocenters. The second-order valence-corrected chi connectivity index (χ2v) is 5.17. The van der Waals surface area contributed by atoms with Crippen molar-refractivity contribution in [1.82, 2.24) is 4.90 Å². The molecule has 0 unspecified atom stereocenters. The molecule has 0 aliphatic carbocycles. The zero-order valence-electron chi connectivity index (χ0n) is 12.5. The van der Waals surface area contributed by atoms with Gasteiger partial charge in [-0.25, -0.2) is 4.79 Å². The van der Waals surface area contributed by atoms with Gasteiger partial charge in [0, 0.05) is 13.1 Å². The lowest BCUT2D eigenvalue weighted by Gasteiger charge is -2.36. The molecule has 22 heavy (non-hydrogen) atoms. The third kappa shape index (κ3) is 4.35. The largest absolute Gasteiger partial charge is 0.468 e. The highest BCUT2D eigenvalue weighted by Crippen LogP contribution is 2.21. The Kier molecular flexibility index (Phi) is 6.64. The van der Waals surface area contributed by atoms with Crippen LogP contribution in [-0.2, 0) is 20.9 Å². The summed E-state index contributed by atoms with van der Waals surface area (Å²) in [5, 5.41) is 0. The van der Waals surface area contributed by atoms with E-state index in [0.717, 1.165) is 5.56 Å². The minimum Gasteiger partial charge on any atom is -0.468 e. The van der Waals surface area contributed by atoms with Gasteiger partial charge in [0.2, 0.25) is 0 Å². The lowest BCUT2D eigenvalue weighted by Crippen LogP contribution is -2.57. The molecule has 0 spiro atoms. The molecule has 6 nitrogen and oxygen atoms in total. The first-order valence-corrected chi connectivity index (χ1v) is 6.88. The average Bonchev–Trinajstić information content (AvgIpc) is 2.53. The topological polar surface area (TPSA) is 81.9 Å². The quantitative estimate of drug-likeness (QED) is 0.854. The van der Waals surface area contributed by atoms with Crippen LogP contribution in [0.3, 0.4) is 0 Å². The molecule has 0 bridgehead atoms. The number of likely N-dealkylation sites (tertiary alicyclic amines) is 1. The molecule has 1 fully saturated rings. The molecule has 2 rings (SSSR count). The Bertz CT molecular complexity index is 502. The van der Waals surface area contributed by atoms with Crippen LogP contribution in [0.15, 0.2) is 30.3 Å². The number of methoxy groups -OCH3 is 1. The van der Waals surface area contributed by atoms with Crippen LogP contribution in [0.25, 0.3) is 0 Å². The minimum absolute atomic E-state index is 0. The summed E-state index contributed by atoms with van der Waals surface area (Å²) in [5.41, 5.74) is 5.93. The molecule has 1 saturated heterocycles. The van der Waals surface area contributed by atoms with Crippen LogP contribution >= 0.6 is 12.4 Å². The molecule has 0 saturated carbocycles. The average molecular weight is 329 g/mol. The van der Waals surface area contributed by atoms with Gasteiger partial charge in [-0.2, -0.15) is 0 Å². The summed E-state index contributed by atoms with van der Waals surface area (Å²) in [5.74, 6) is -0.431. The molecule has 0 aromatic heterocycles. The molecule has 7 heteroatoms. The van der Waals surface area contributed by atoms with Crippen LogP contribution in [0, 0.1) is 0 Å². The molecule has 1 amide bonds. The van der Waals surface area contributed by atoms with E-state index in [1.54, 1.807) is 4.90 Å². The predicted molar refractivity (Wildman–Crippen MR) is 83.6 cm³/mol. The number of nitrogens with zero attached hydrogens (tertiary/aromatic N) is 1. The number of hydrogen-bond donors (Lipinski definition) is 1. The maximum absolute atomic E-state index is 12.0. The van der Waals surface area contributed by atoms with Crippen molar-refractivity contribution >= 4 is 24.5 Å². The number of piperidine rings is 1. The van der Waals surface area contributed by atoms with Gasteiger partial charge in [0.15, 0.2) is 0 Å². The summed E-state index contributed by atoms with van der Waals surface area (Å²) in [6, 6.07) is 9.48. The highest BCUT2D eigenvalue weighted by Gasteiger charge is 2.40. The van der Waals surface area contributed by atoms with E-state index in [1.165, 1.54) is 7.11 Å². The summed E-state index contributed by atoms with van der Waals surface area (Å²) in [6.07, 6.45) is 0.367. The molecular weight excluding hydrogens is 308 g/mol. The number of amides is 1. The normalized spacial score (nSPS) is 16.4. The van der Waals surface area contributed by atoms with Crippen molar-refractivity contribution in [2.24, 2.45) is 5.73 Å². The van der Waals surface area contributed by atoms with Crippen molar-refractivity contribution in [3.05, 3.63) is 35.9 Å². The number of halogens is 1. The van der Waals surface area contributed by atoms with E-state index < -0.39 is 11.5 Å². The molecule has 1 heterocycles. The van der Waals surface area contributed by atoms with Gasteiger partial charge in [-0.1, -0.05) is 30.3 Å². The molecule has 1 aliphatic heterocycles. The van der Waals surface area contributed by atoms with Gasteiger partial charge in [-0.05, 0) is 18.4 Å². The van der Waals surface area contributed by atoms with E-state index in [1.807, 2.05) is 30.3 Å². The van der Waals surface area contributed by atoms with Crippen LogP contribution in [0.2, 0.25) is 0 Å². The van der Waals surface area contributed by atoms with E-state index in [4.69, 9.17) is 15.2 Å². The second kappa shape index (κ2) is 8.00. The fraction of sp³-hybridized carbons (Fsp3) is 0.467. The van der Waals surface area contributed by atoms with Crippen molar-refractivity contribution in [2.45, 2.75) is 25.0 Å². The smallest absolute Gasteiger partial charge is 0.410 e. The van der Waals surface area contributed by atoms with E-state index >= 15 is 0 Å². The summed E-state index contributed by atoms with van der Waals surface area (Å²) in [4.78, 5) is 25.1. The van der Waals surface area contributed by atoms with Gasteiger partial charge >= 0.3 is 12.1 Å². The van der Waals surface area contributed by atoms with Gasteiger partial charge in [0.1, 0.15) is 12.1 Å². The van der Waals surface area contributed by atoms with Crippen LogP contribution < -0.4 is 5.73 Å². The number of carbonyl (C=O) groups is 2. The third-order valence-electron chi connectivity index (χ3n) is 3.71. The lowest BCUT2D eigenvalue weighted by molar-refractivity contribution is -0.148. The Morgan fingerprint density at radius 2 is 1.82 bits per heavy atom. The van der Waals surface area contributed by atoms with E-state index in [9.17, 15) is 9.59 Å². The van der Waals surface area contributed by atoms with Gasteiger partial charge < -0.3 is 20.1 Å². The number of carbonyl (C=O) groups excluding carboxylic acids is 2. The number of nitrogens with two attached hydrogens (primary N) is 1. The Morgan fingerprint density at radius 1 is 1.23 bits per heavy atom. The first-order chi connectivity index (χ1) is 10.0. The zero-order chi connectivity index (χ0) is 15.3. The van der Waals surface area contributed by atoms with Crippen molar-refractivity contribution in [1.29, 1.82) is 0 Å². The van der Waals surface area contributed by atoms with Gasteiger partial charge in [0.05, 0.1) is 7.11 Å². The molecule has 0 radical (unpaired) electrons. The Balaban J connectivity index is 0.00000242. The maximum atomic E-state index is 12.0. The number of ether oxygens (including phenoxy) is 2. The summed E-state index contributed by atoms with van der Waals surface area (Å²) < 4.78 is 9.95. The fourth-order valence-electron chi connectivity index (χ4n) is 2.31. The van der Waals surface area contributed by atoms with Crippen molar-refractivity contribution in [3.63, 3.8) is 0 Å². The summed E-state index contributed by atoms with van der Waals surface area (Å²) in [6.45, 7) is 1.01. The summed E-state index contributed by atoms with van der Waals surface area (Å²) in [7, 11) is 1.32. The van der Waals surface area contributed by atoms with Crippen molar-refractivity contribution in [3.8, 4) is 0 Å².